The molecule has 2 aromatic heterocycles. The molecule has 0 saturated carbocycles. The van der Waals surface area contributed by atoms with E-state index in [2.05, 4.69) is 31.0 Å². The fourth-order valence-corrected chi connectivity index (χ4v) is 1.37. The third-order valence-corrected chi connectivity index (χ3v) is 2.18. The Morgan fingerprint density at radius 2 is 2.53 bits per heavy atom. The highest BCUT2D eigenvalue weighted by molar-refractivity contribution is 7.13. The van der Waals surface area contributed by atoms with E-state index in [0.29, 0.717) is 11.7 Å². The molecule has 2 amide bonds. The van der Waals surface area contributed by atoms with Crippen LogP contribution in [-0.4, -0.2) is 26.4 Å². The molecule has 0 aromatic carbocycles. The topological polar surface area (TPSA) is 95.6 Å². The van der Waals surface area contributed by atoms with Crippen molar-refractivity contribution in [3.05, 3.63) is 23.5 Å². The second kappa shape index (κ2) is 4.51. The van der Waals surface area contributed by atoms with Gasteiger partial charge in [0.25, 0.3) is 0 Å². The van der Waals surface area contributed by atoms with Gasteiger partial charge in [-0.2, -0.15) is 5.10 Å². The number of urea groups is 1. The van der Waals surface area contributed by atoms with Crippen molar-refractivity contribution < 1.29 is 4.79 Å². The van der Waals surface area contributed by atoms with Gasteiger partial charge in [-0.25, -0.2) is 4.79 Å². The van der Waals surface area contributed by atoms with Crippen molar-refractivity contribution in [3.8, 4) is 0 Å². The van der Waals surface area contributed by atoms with Crippen molar-refractivity contribution in [2.45, 2.75) is 6.54 Å². The molecule has 0 aliphatic heterocycles. The van der Waals surface area contributed by atoms with E-state index in [9.17, 15) is 4.79 Å². The smallest absolute Gasteiger partial charge is 0.321 e. The molecule has 3 N–H and O–H groups in total. The summed E-state index contributed by atoms with van der Waals surface area (Å²) >= 11 is 1.26. The van der Waals surface area contributed by atoms with Gasteiger partial charge in [0.05, 0.1) is 12.2 Å². The Labute approximate surface area is 88.9 Å². The summed E-state index contributed by atoms with van der Waals surface area (Å²) in [5, 5.41) is 19.4. The van der Waals surface area contributed by atoms with Crippen LogP contribution in [0.4, 0.5) is 9.93 Å². The van der Waals surface area contributed by atoms with Gasteiger partial charge < -0.3 is 5.32 Å². The van der Waals surface area contributed by atoms with Gasteiger partial charge >= 0.3 is 6.03 Å². The molecule has 0 saturated heterocycles. The minimum Gasteiger partial charge on any atom is -0.332 e. The number of anilines is 1. The Bertz CT molecular complexity index is 411. The number of H-pyrrole nitrogens is 1. The Kier molecular flexibility index (Phi) is 2.88. The first-order valence-electron chi connectivity index (χ1n) is 4.14. The lowest BCUT2D eigenvalue weighted by Crippen LogP contribution is -2.28. The summed E-state index contributed by atoms with van der Waals surface area (Å²) in [6, 6.07) is 1.46. The highest BCUT2D eigenvalue weighted by Gasteiger charge is 2.03. The van der Waals surface area contributed by atoms with Gasteiger partial charge in [-0.05, 0) is 6.07 Å². The number of hydrogen-bond donors (Lipinski definition) is 3. The molecule has 0 fully saturated rings. The Balaban J connectivity index is 1.78. The molecule has 78 valence electrons. The zero-order valence-electron chi connectivity index (χ0n) is 7.60. The van der Waals surface area contributed by atoms with Crippen LogP contribution in [0.1, 0.15) is 5.69 Å². The van der Waals surface area contributed by atoms with E-state index in [1.807, 2.05) is 0 Å². The van der Waals surface area contributed by atoms with Crippen molar-refractivity contribution in [1.82, 2.24) is 25.7 Å². The van der Waals surface area contributed by atoms with Crippen LogP contribution in [0.5, 0.6) is 0 Å². The molecule has 0 spiro atoms. The number of amides is 2. The highest BCUT2D eigenvalue weighted by atomic mass is 32.1. The number of rotatable bonds is 3. The van der Waals surface area contributed by atoms with Crippen LogP contribution in [0.15, 0.2) is 17.8 Å². The fourth-order valence-electron chi connectivity index (χ4n) is 0.927. The first-order valence-corrected chi connectivity index (χ1v) is 5.02. The SMILES string of the molecule is O=C(NCc1ccn[nH]1)Nc1nncs1. The molecule has 7 nitrogen and oxygen atoms in total. The normalized spacial score (nSPS) is 9.87. The zero-order valence-corrected chi connectivity index (χ0v) is 8.41. The lowest BCUT2D eigenvalue weighted by atomic mass is 10.4. The first kappa shape index (κ1) is 9.59. The molecule has 0 aliphatic rings. The Morgan fingerprint density at radius 3 is 3.20 bits per heavy atom. The number of carbonyl (C=O) groups excluding carboxylic acids is 1. The predicted molar refractivity (Wildman–Crippen MR) is 54.4 cm³/mol. The average molecular weight is 224 g/mol. The maximum absolute atomic E-state index is 11.3. The summed E-state index contributed by atoms with van der Waals surface area (Å²) < 4.78 is 0. The van der Waals surface area contributed by atoms with Crippen LogP contribution in [-0.2, 0) is 6.54 Å². The minimum absolute atomic E-state index is 0.318. The second-order valence-electron chi connectivity index (χ2n) is 2.63. The van der Waals surface area contributed by atoms with Gasteiger partial charge in [-0.1, -0.05) is 11.3 Å². The van der Waals surface area contributed by atoms with Crippen molar-refractivity contribution in [1.29, 1.82) is 0 Å². The maximum atomic E-state index is 11.3. The number of hydrogen-bond acceptors (Lipinski definition) is 5. The van der Waals surface area contributed by atoms with Gasteiger partial charge in [0.1, 0.15) is 5.51 Å². The van der Waals surface area contributed by atoms with E-state index in [-0.39, 0.29) is 6.03 Å². The molecular formula is C7H8N6OS. The van der Waals surface area contributed by atoms with E-state index in [0.717, 1.165) is 5.69 Å². The number of carbonyl (C=O) groups is 1. The second-order valence-corrected chi connectivity index (χ2v) is 3.47. The Morgan fingerprint density at radius 1 is 1.60 bits per heavy atom. The molecule has 2 heterocycles. The number of nitrogens with zero attached hydrogens (tertiary/aromatic N) is 3. The van der Waals surface area contributed by atoms with Gasteiger partial charge in [-0.3, -0.25) is 10.4 Å². The predicted octanol–water partition coefficient (Wildman–Crippen LogP) is 0.583. The molecule has 0 unspecified atom stereocenters. The molecule has 8 heteroatoms. The van der Waals surface area contributed by atoms with Gasteiger partial charge in [0, 0.05) is 6.20 Å². The van der Waals surface area contributed by atoms with Crippen LogP contribution >= 0.6 is 11.3 Å². The van der Waals surface area contributed by atoms with Gasteiger partial charge in [0.2, 0.25) is 5.13 Å². The van der Waals surface area contributed by atoms with Crippen LogP contribution in [0.25, 0.3) is 0 Å². The molecule has 0 radical (unpaired) electrons. The van der Waals surface area contributed by atoms with E-state index >= 15 is 0 Å². The van der Waals surface area contributed by atoms with Crippen LogP contribution in [0, 0.1) is 0 Å². The van der Waals surface area contributed by atoms with E-state index < -0.39 is 0 Å². The fraction of sp³-hybridized carbons (Fsp3) is 0.143. The Hall–Kier alpha value is -1.96. The van der Waals surface area contributed by atoms with Gasteiger partial charge in [0.15, 0.2) is 0 Å². The summed E-state index contributed by atoms with van der Waals surface area (Å²) in [6.45, 7) is 0.393. The van der Waals surface area contributed by atoms with Crippen molar-refractivity contribution in [3.63, 3.8) is 0 Å². The molecule has 2 aromatic rings. The van der Waals surface area contributed by atoms with Crippen LogP contribution < -0.4 is 10.6 Å². The molecule has 0 atom stereocenters. The van der Waals surface area contributed by atoms with E-state index in [1.54, 1.807) is 17.8 Å². The largest absolute Gasteiger partial charge is 0.332 e. The van der Waals surface area contributed by atoms with E-state index in [1.165, 1.54) is 11.3 Å². The maximum Gasteiger partial charge on any atom is 0.321 e. The third kappa shape index (κ3) is 2.74. The lowest BCUT2D eigenvalue weighted by molar-refractivity contribution is 0.251. The third-order valence-electron chi connectivity index (χ3n) is 1.58. The van der Waals surface area contributed by atoms with Crippen molar-refractivity contribution in [2.24, 2.45) is 0 Å². The lowest BCUT2D eigenvalue weighted by Gasteiger charge is -2.02. The quantitative estimate of drug-likeness (QED) is 0.710. The summed E-state index contributed by atoms with van der Waals surface area (Å²) in [4.78, 5) is 11.3. The molecule has 2 rings (SSSR count). The summed E-state index contributed by atoms with van der Waals surface area (Å²) in [5.74, 6) is 0. The first-order chi connectivity index (χ1) is 7.34. The van der Waals surface area contributed by atoms with Crippen molar-refractivity contribution in [2.75, 3.05) is 5.32 Å². The summed E-state index contributed by atoms with van der Waals surface area (Å²) in [7, 11) is 0. The molecule has 0 aliphatic carbocycles. The summed E-state index contributed by atoms with van der Waals surface area (Å²) in [6.07, 6.45) is 1.62. The van der Waals surface area contributed by atoms with E-state index in [4.69, 9.17) is 0 Å². The standard InChI is InChI=1S/C7H8N6OS/c14-6(11-7-13-10-4-15-7)8-3-5-1-2-9-12-5/h1-2,4H,3H2,(H,9,12)(H2,8,11,13,14). The summed E-state index contributed by atoms with van der Waals surface area (Å²) in [5.41, 5.74) is 2.38. The number of aromatic amines is 1. The average Bonchev–Trinajstić information content (AvgIpc) is 2.86. The minimum atomic E-state index is -0.318. The molecule has 15 heavy (non-hydrogen) atoms. The highest BCUT2D eigenvalue weighted by Crippen LogP contribution is 2.06. The van der Waals surface area contributed by atoms with Crippen LogP contribution in [0.3, 0.4) is 0 Å². The van der Waals surface area contributed by atoms with Crippen LogP contribution in [0.2, 0.25) is 0 Å². The number of nitrogens with one attached hydrogen (secondary N) is 3. The zero-order chi connectivity index (χ0) is 10.5. The van der Waals surface area contributed by atoms with Gasteiger partial charge in [-0.15, -0.1) is 10.2 Å². The van der Waals surface area contributed by atoms with Crippen molar-refractivity contribution >= 4 is 22.5 Å². The number of aromatic nitrogens is 4. The molecular weight excluding hydrogens is 216 g/mol. The monoisotopic (exact) mass is 224 g/mol. The molecule has 0 bridgehead atoms.